The number of fused-ring (bicyclic) bond motifs is 1. The van der Waals surface area contributed by atoms with Crippen molar-refractivity contribution in [3.8, 4) is 17.6 Å². The Kier molecular flexibility index (Phi) is 4.61. The zero-order chi connectivity index (χ0) is 17.8. The summed E-state index contributed by atoms with van der Waals surface area (Å²) in [4.78, 5) is 22.1. The lowest BCUT2D eigenvalue weighted by Gasteiger charge is -2.10. The molecule has 0 radical (unpaired) electrons. The number of hydrogen-bond donors (Lipinski definition) is 1. The van der Waals surface area contributed by atoms with Gasteiger partial charge in [-0.2, -0.15) is 5.26 Å². The molecular formula is C18H15N3O4. The van der Waals surface area contributed by atoms with E-state index in [0.717, 1.165) is 19.3 Å². The highest BCUT2D eigenvalue weighted by atomic mass is 16.6. The van der Waals surface area contributed by atoms with Crippen LogP contribution in [-0.2, 0) is 17.6 Å². The van der Waals surface area contributed by atoms with E-state index in [4.69, 9.17) is 10.00 Å². The molecule has 0 saturated heterocycles. The van der Waals surface area contributed by atoms with E-state index in [9.17, 15) is 14.9 Å². The number of nitro groups is 1. The summed E-state index contributed by atoms with van der Waals surface area (Å²) < 4.78 is 5.76. The van der Waals surface area contributed by atoms with Gasteiger partial charge in [-0.3, -0.25) is 14.9 Å². The number of nitro benzene ring substituents is 1. The number of hydrogen-bond acceptors (Lipinski definition) is 5. The molecule has 0 aliphatic heterocycles. The quantitative estimate of drug-likeness (QED) is 0.661. The van der Waals surface area contributed by atoms with Crippen molar-refractivity contribution < 1.29 is 14.5 Å². The second kappa shape index (κ2) is 7.01. The van der Waals surface area contributed by atoms with Crippen LogP contribution in [0.3, 0.4) is 0 Å². The van der Waals surface area contributed by atoms with Gasteiger partial charge in [-0.05, 0) is 42.5 Å². The summed E-state index contributed by atoms with van der Waals surface area (Å²) in [5.41, 5.74) is 2.54. The van der Waals surface area contributed by atoms with E-state index < -0.39 is 10.8 Å². The van der Waals surface area contributed by atoms with Gasteiger partial charge in [-0.15, -0.1) is 0 Å². The van der Waals surface area contributed by atoms with Crippen molar-refractivity contribution in [3.63, 3.8) is 0 Å². The Balaban J connectivity index is 1.87. The average Bonchev–Trinajstić information content (AvgIpc) is 3.02. The molecule has 7 heteroatoms. The summed E-state index contributed by atoms with van der Waals surface area (Å²) in [6, 6.07) is 11.5. The van der Waals surface area contributed by atoms with E-state index >= 15 is 0 Å². The topological polar surface area (TPSA) is 105 Å². The number of benzene rings is 2. The first kappa shape index (κ1) is 16.5. The fraction of sp³-hybridized carbons (Fsp3) is 0.222. The number of carbonyl (C=O) groups excluding carboxylic acids is 1. The molecule has 7 nitrogen and oxygen atoms in total. The van der Waals surface area contributed by atoms with Gasteiger partial charge < -0.3 is 10.1 Å². The van der Waals surface area contributed by atoms with Gasteiger partial charge in [-0.1, -0.05) is 6.07 Å². The van der Waals surface area contributed by atoms with Crippen LogP contribution >= 0.6 is 0 Å². The van der Waals surface area contributed by atoms with E-state index in [0.29, 0.717) is 5.75 Å². The first-order chi connectivity index (χ1) is 12.0. The number of amides is 1. The van der Waals surface area contributed by atoms with Gasteiger partial charge in [0.15, 0.2) is 0 Å². The Morgan fingerprint density at radius 3 is 2.76 bits per heavy atom. The van der Waals surface area contributed by atoms with Crippen LogP contribution in [0, 0.1) is 21.4 Å². The largest absolute Gasteiger partial charge is 0.457 e. The van der Waals surface area contributed by atoms with E-state index in [1.54, 1.807) is 6.07 Å². The summed E-state index contributed by atoms with van der Waals surface area (Å²) in [5, 5.41) is 22.1. The Hall–Kier alpha value is -3.40. The molecule has 2 aromatic rings. The molecule has 1 aliphatic rings. The van der Waals surface area contributed by atoms with E-state index in [1.807, 2.05) is 18.2 Å². The van der Waals surface area contributed by atoms with E-state index in [-0.39, 0.29) is 23.5 Å². The summed E-state index contributed by atoms with van der Waals surface area (Å²) in [6.07, 6.45) is 2.84. The second-order valence-electron chi connectivity index (χ2n) is 5.74. The van der Waals surface area contributed by atoms with Crippen LogP contribution in [-0.4, -0.2) is 10.8 Å². The highest BCUT2D eigenvalue weighted by molar-refractivity contribution is 5.92. The smallest absolute Gasteiger partial charge is 0.275 e. The van der Waals surface area contributed by atoms with Gasteiger partial charge in [0.1, 0.15) is 17.9 Å². The number of nitriles is 1. The summed E-state index contributed by atoms with van der Waals surface area (Å²) in [6.45, 7) is 0. The molecule has 1 N–H and O–H groups in total. The minimum Gasteiger partial charge on any atom is -0.457 e. The van der Waals surface area contributed by atoms with Crippen LogP contribution in [0.4, 0.5) is 11.4 Å². The van der Waals surface area contributed by atoms with Crippen molar-refractivity contribution in [1.82, 2.24) is 0 Å². The first-order valence-corrected chi connectivity index (χ1v) is 7.81. The number of aryl methyl sites for hydroxylation is 2. The van der Waals surface area contributed by atoms with Gasteiger partial charge in [-0.25, -0.2) is 0 Å². The van der Waals surface area contributed by atoms with Crippen molar-refractivity contribution in [1.29, 1.82) is 5.26 Å². The standard InChI is InChI=1S/C18H15N3O4/c19-7-6-18(22)20-14-9-15(21(23)24)11-17(10-14)25-16-5-4-12-2-1-3-13(12)8-16/h4-5,8-11H,1-3,6H2,(H,20,22). The van der Waals surface area contributed by atoms with Gasteiger partial charge in [0, 0.05) is 12.1 Å². The van der Waals surface area contributed by atoms with Gasteiger partial charge in [0.25, 0.3) is 5.69 Å². The third-order valence-corrected chi connectivity index (χ3v) is 3.93. The third-order valence-electron chi connectivity index (χ3n) is 3.93. The summed E-state index contributed by atoms with van der Waals surface area (Å²) in [5.74, 6) is 0.307. The zero-order valence-electron chi connectivity index (χ0n) is 13.3. The number of ether oxygens (including phenoxy) is 1. The fourth-order valence-electron chi connectivity index (χ4n) is 2.84. The molecule has 25 heavy (non-hydrogen) atoms. The highest BCUT2D eigenvalue weighted by Gasteiger charge is 2.15. The average molecular weight is 337 g/mol. The number of non-ortho nitro benzene ring substituents is 1. The maximum Gasteiger partial charge on any atom is 0.275 e. The Labute approximate surface area is 144 Å². The number of anilines is 1. The van der Waals surface area contributed by atoms with Crippen molar-refractivity contribution in [3.05, 3.63) is 57.6 Å². The Bertz CT molecular complexity index is 886. The molecule has 126 valence electrons. The van der Waals surface area contributed by atoms with Crippen LogP contribution in [0.5, 0.6) is 11.5 Å². The van der Waals surface area contributed by atoms with Crippen LogP contribution in [0.1, 0.15) is 24.0 Å². The molecule has 2 aromatic carbocycles. The zero-order valence-corrected chi connectivity index (χ0v) is 13.3. The second-order valence-corrected chi connectivity index (χ2v) is 5.74. The van der Waals surface area contributed by atoms with Crippen LogP contribution in [0.2, 0.25) is 0 Å². The van der Waals surface area contributed by atoms with E-state index in [1.165, 1.54) is 29.3 Å². The van der Waals surface area contributed by atoms with Crippen molar-refractivity contribution in [2.75, 3.05) is 5.32 Å². The van der Waals surface area contributed by atoms with Crippen LogP contribution < -0.4 is 10.1 Å². The fourth-order valence-corrected chi connectivity index (χ4v) is 2.84. The Morgan fingerprint density at radius 2 is 2.00 bits per heavy atom. The molecule has 0 saturated carbocycles. The van der Waals surface area contributed by atoms with E-state index in [2.05, 4.69) is 5.32 Å². The predicted molar refractivity (Wildman–Crippen MR) is 90.5 cm³/mol. The van der Waals surface area contributed by atoms with Crippen LogP contribution in [0.15, 0.2) is 36.4 Å². The lowest BCUT2D eigenvalue weighted by molar-refractivity contribution is -0.384. The normalized spacial score (nSPS) is 12.1. The molecule has 3 rings (SSSR count). The van der Waals surface area contributed by atoms with Gasteiger partial charge in [0.05, 0.1) is 22.7 Å². The predicted octanol–water partition coefficient (Wildman–Crippen LogP) is 3.73. The number of rotatable bonds is 5. The van der Waals surface area contributed by atoms with Gasteiger partial charge in [0.2, 0.25) is 5.91 Å². The molecule has 0 bridgehead atoms. The number of nitrogens with one attached hydrogen (secondary N) is 1. The van der Waals surface area contributed by atoms with Crippen molar-refractivity contribution in [2.45, 2.75) is 25.7 Å². The monoisotopic (exact) mass is 337 g/mol. The first-order valence-electron chi connectivity index (χ1n) is 7.81. The van der Waals surface area contributed by atoms with Gasteiger partial charge >= 0.3 is 0 Å². The molecule has 0 atom stereocenters. The molecular weight excluding hydrogens is 322 g/mol. The maximum atomic E-state index is 11.5. The summed E-state index contributed by atoms with van der Waals surface area (Å²) >= 11 is 0. The molecule has 1 amide bonds. The highest BCUT2D eigenvalue weighted by Crippen LogP contribution is 2.32. The van der Waals surface area contributed by atoms with Crippen molar-refractivity contribution in [2.24, 2.45) is 0 Å². The Morgan fingerprint density at radius 1 is 1.20 bits per heavy atom. The molecule has 1 aliphatic carbocycles. The third kappa shape index (κ3) is 3.93. The number of carbonyl (C=O) groups is 1. The van der Waals surface area contributed by atoms with Crippen LogP contribution in [0.25, 0.3) is 0 Å². The molecule has 0 unspecified atom stereocenters. The minimum atomic E-state index is -0.560. The molecule has 0 fully saturated rings. The number of nitrogens with zero attached hydrogens (tertiary/aromatic N) is 2. The summed E-state index contributed by atoms with van der Waals surface area (Å²) in [7, 11) is 0. The minimum absolute atomic E-state index is 0.203. The molecule has 0 spiro atoms. The maximum absolute atomic E-state index is 11.5. The lowest BCUT2D eigenvalue weighted by atomic mass is 10.1. The lowest BCUT2D eigenvalue weighted by Crippen LogP contribution is -2.10. The molecule has 0 aromatic heterocycles. The SMILES string of the molecule is N#CCC(=O)Nc1cc(Oc2ccc3c(c2)CCC3)cc([N+](=O)[O-])c1. The molecule has 0 heterocycles. The van der Waals surface area contributed by atoms with Crippen molar-refractivity contribution >= 4 is 17.3 Å².